The van der Waals surface area contributed by atoms with Gasteiger partial charge in [0.1, 0.15) is 5.56 Å². The molecule has 2 rings (SSSR count). The summed E-state index contributed by atoms with van der Waals surface area (Å²) in [5.41, 5.74) is 0.127. The van der Waals surface area contributed by atoms with Crippen LogP contribution in [0, 0.1) is 0 Å². The lowest BCUT2D eigenvalue weighted by atomic mass is 10.2. The van der Waals surface area contributed by atoms with E-state index in [0.717, 1.165) is 0 Å². The fourth-order valence-electron chi connectivity index (χ4n) is 1.59. The van der Waals surface area contributed by atoms with Crippen molar-refractivity contribution >= 4 is 34.8 Å². The molecule has 0 saturated carbocycles. The van der Waals surface area contributed by atoms with Crippen LogP contribution in [-0.2, 0) is 7.05 Å². The topological polar surface area (TPSA) is 51.1 Å². The number of aryl methyl sites for hydroxylation is 1. The SMILES string of the molecule is Cn1cccc(C(=O)Nc2cc(Cl)cc(Cl)c2)c1=O. The number of carbonyl (C=O) groups excluding carboxylic acids is 1. The van der Waals surface area contributed by atoms with E-state index in [1.807, 2.05) is 0 Å². The smallest absolute Gasteiger partial charge is 0.263 e. The van der Waals surface area contributed by atoms with Crippen molar-refractivity contribution in [1.82, 2.24) is 4.57 Å². The molecule has 6 heteroatoms. The van der Waals surface area contributed by atoms with Gasteiger partial charge < -0.3 is 9.88 Å². The summed E-state index contributed by atoms with van der Waals surface area (Å²) < 4.78 is 1.33. The molecule has 4 nitrogen and oxygen atoms in total. The Morgan fingerprint density at radius 3 is 2.47 bits per heavy atom. The molecule has 0 unspecified atom stereocenters. The average molecular weight is 297 g/mol. The molecule has 0 fully saturated rings. The van der Waals surface area contributed by atoms with E-state index >= 15 is 0 Å². The van der Waals surface area contributed by atoms with E-state index in [9.17, 15) is 9.59 Å². The standard InChI is InChI=1S/C13H10Cl2N2O2/c1-17-4-2-3-11(13(17)19)12(18)16-10-6-8(14)5-9(15)7-10/h2-7H,1H3,(H,16,18). The number of rotatable bonds is 2. The maximum absolute atomic E-state index is 12.0. The Hall–Kier alpha value is -1.78. The lowest BCUT2D eigenvalue weighted by Crippen LogP contribution is -2.27. The Morgan fingerprint density at radius 1 is 1.21 bits per heavy atom. The van der Waals surface area contributed by atoms with Crippen molar-refractivity contribution < 1.29 is 4.79 Å². The predicted octanol–water partition coefficient (Wildman–Crippen LogP) is 2.94. The van der Waals surface area contributed by atoms with Gasteiger partial charge in [-0.2, -0.15) is 0 Å². The molecule has 0 saturated heterocycles. The van der Waals surface area contributed by atoms with E-state index in [4.69, 9.17) is 23.2 Å². The Morgan fingerprint density at radius 2 is 1.84 bits per heavy atom. The van der Waals surface area contributed by atoms with Crippen molar-refractivity contribution in [3.05, 3.63) is 62.5 Å². The highest BCUT2D eigenvalue weighted by atomic mass is 35.5. The number of nitrogens with one attached hydrogen (secondary N) is 1. The van der Waals surface area contributed by atoms with Gasteiger partial charge in [0.25, 0.3) is 11.5 Å². The normalized spacial score (nSPS) is 10.3. The van der Waals surface area contributed by atoms with Gasteiger partial charge in [0, 0.05) is 29.0 Å². The predicted molar refractivity (Wildman–Crippen MR) is 76.1 cm³/mol. The van der Waals surface area contributed by atoms with Crippen LogP contribution >= 0.6 is 23.2 Å². The fraction of sp³-hybridized carbons (Fsp3) is 0.0769. The zero-order valence-electron chi connectivity index (χ0n) is 9.98. The molecule has 0 aliphatic heterocycles. The molecule has 1 aromatic carbocycles. The van der Waals surface area contributed by atoms with Gasteiger partial charge >= 0.3 is 0 Å². The zero-order valence-corrected chi connectivity index (χ0v) is 11.5. The summed E-state index contributed by atoms with van der Waals surface area (Å²) in [6, 6.07) is 7.75. The molecule has 2 aromatic rings. The number of carbonyl (C=O) groups is 1. The number of halogens is 2. The quantitative estimate of drug-likeness (QED) is 0.926. The molecule has 19 heavy (non-hydrogen) atoms. The van der Waals surface area contributed by atoms with Crippen molar-refractivity contribution in [1.29, 1.82) is 0 Å². The maximum atomic E-state index is 12.0. The second-order valence-electron chi connectivity index (χ2n) is 3.95. The summed E-state index contributed by atoms with van der Waals surface area (Å²) in [5, 5.41) is 3.40. The van der Waals surface area contributed by atoms with Crippen molar-refractivity contribution in [3.8, 4) is 0 Å². The van der Waals surface area contributed by atoms with E-state index in [2.05, 4.69) is 5.32 Å². The number of anilines is 1. The number of hydrogen-bond acceptors (Lipinski definition) is 2. The molecule has 0 aliphatic rings. The van der Waals surface area contributed by atoms with Gasteiger partial charge in [-0.05, 0) is 30.3 Å². The second kappa shape index (κ2) is 5.47. The number of aromatic nitrogens is 1. The molecule has 98 valence electrons. The van der Waals surface area contributed by atoms with Gasteiger partial charge in [0.2, 0.25) is 0 Å². The third-order valence-electron chi connectivity index (χ3n) is 2.49. The molecule has 1 aromatic heterocycles. The van der Waals surface area contributed by atoms with Gasteiger partial charge in [-0.25, -0.2) is 0 Å². The molecule has 0 atom stereocenters. The lowest BCUT2D eigenvalue weighted by molar-refractivity contribution is 0.102. The highest BCUT2D eigenvalue weighted by Gasteiger charge is 2.11. The molecule has 0 radical (unpaired) electrons. The number of benzene rings is 1. The van der Waals surface area contributed by atoms with Crippen molar-refractivity contribution in [3.63, 3.8) is 0 Å². The fourth-order valence-corrected chi connectivity index (χ4v) is 2.12. The zero-order chi connectivity index (χ0) is 14.0. The van der Waals surface area contributed by atoms with Crippen LogP contribution in [0.15, 0.2) is 41.3 Å². The van der Waals surface area contributed by atoms with Gasteiger partial charge in [-0.3, -0.25) is 9.59 Å². The average Bonchev–Trinajstić information content (AvgIpc) is 2.31. The summed E-state index contributed by atoms with van der Waals surface area (Å²) in [6.45, 7) is 0. The Kier molecular flexibility index (Phi) is 3.93. The van der Waals surface area contributed by atoms with Crippen LogP contribution in [0.3, 0.4) is 0 Å². The highest BCUT2D eigenvalue weighted by Crippen LogP contribution is 2.22. The molecule has 0 bridgehead atoms. The molecule has 0 spiro atoms. The first-order chi connectivity index (χ1) is 8.97. The van der Waals surface area contributed by atoms with E-state index in [0.29, 0.717) is 15.7 Å². The third kappa shape index (κ3) is 3.16. The summed E-state index contributed by atoms with van der Waals surface area (Å²) in [5.74, 6) is -0.500. The Balaban J connectivity index is 2.31. The minimum atomic E-state index is -0.500. The van der Waals surface area contributed by atoms with Gasteiger partial charge in [-0.1, -0.05) is 23.2 Å². The van der Waals surface area contributed by atoms with E-state index in [1.54, 1.807) is 37.5 Å². The first-order valence-electron chi connectivity index (χ1n) is 5.40. The summed E-state index contributed by atoms with van der Waals surface area (Å²) >= 11 is 11.7. The largest absolute Gasteiger partial charge is 0.322 e. The highest BCUT2D eigenvalue weighted by molar-refractivity contribution is 6.35. The van der Waals surface area contributed by atoms with Crippen LogP contribution in [0.2, 0.25) is 10.0 Å². The molecule has 1 N–H and O–H groups in total. The van der Waals surface area contributed by atoms with Crippen LogP contribution in [0.1, 0.15) is 10.4 Å². The lowest BCUT2D eigenvalue weighted by Gasteiger charge is -2.07. The van der Waals surface area contributed by atoms with E-state index in [1.165, 1.54) is 10.6 Å². The monoisotopic (exact) mass is 296 g/mol. The number of hydrogen-bond donors (Lipinski definition) is 1. The molecule has 0 aliphatic carbocycles. The van der Waals surface area contributed by atoms with Crippen LogP contribution in [0.5, 0.6) is 0 Å². The van der Waals surface area contributed by atoms with Gasteiger partial charge in [0.15, 0.2) is 0 Å². The molecular formula is C13H10Cl2N2O2. The van der Waals surface area contributed by atoms with E-state index < -0.39 is 5.91 Å². The van der Waals surface area contributed by atoms with Crippen LogP contribution < -0.4 is 10.9 Å². The minimum absolute atomic E-state index is 0.0566. The van der Waals surface area contributed by atoms with Crippen LogP contribution in [0.25, 0.3) is 0 Å². The first-order valence-corrected chi connectivity index (χ1v) is 6.16. The molecule has 1 heterocycles. The van der Waals surface area contributed by atoms with Gasteiger partial charge in [-0.15, -0.1) is 0 Å². The second-order valence-corrected chi connectivity index (χ2v) is 4.82. The summed E-state index contributed by atoms with van der Waals surface area (Å²) in [4.78, 5) is 23.8. The Labute approximate surface area is 119 Å². The van der Waals surface area contributed by atoms with Crippen LogP contribution in [-0.4, -0.2) is 10.5 Å². The van der Waals surface area contributed by atoms with Crippen molar-refractivity contribution in [2.45, 2.75) is 0 Å². The summed E-state index contributed by atoms with van der Waals surface area (Å²) in [7, 11) is 1.58. The van der Waals surface area contributed by atoms with Crippen LogP contribution in [0.4, 0.5) is 5.69 Å². The minimum Gasteiger partial charge on any atom is -0.322 e. The van der Waals surface area contributed by atoms with Gasteiger partial charge in [0.05, 0.1) is 0 Å². The Bertz CT molecular complexity index is 675. The van der Waals surface area contributed by atoms with E-state index in [-0.39, 0.29) is 11.1 Å². The maximum Gasteiger partial charge on any atom is 0.263 e. The molecular weight excluding hydrogens is 287 g/mol. The van der Waals surface area contributed by atoms with Crippen molar-refractivity contribution in [2.75, 3.05) is 5.32 Å². The first kappa shape index (κ1) is 13.6. The molecule has 1 amide bonds. The number of nitrogens with zero attached hydrogens (tertiary/aromatic N) is 1. The third-order valence-corrected chi connectivity index (χ3v) is 2.92. The number of amides is 1. The summed E-state index contributed by atoms with van der Waals surface area (Å²) in [6.07, 6.45) is 1.58. The van der Waals surface area contributed by atoms with Crippen molar-refractivity contribution in [2.24, 2.45) is 7.05 Å². The number of pyridine rings is 1.